The zero-order chi connectivity index (χ0) is 0. The smallest absolute Gasteiger partial charge is 2.00 e. The van der Waals surface area contributed by atoms with Crippen molar-refractivity contribution in [3.8, 4) is 0 Å². The normalized spacial score (nSPS) is 0. The first-order valence-corrected chi connectivity index (χ1v) is 0. The van der Waals surface area contributed by atoms with Crippen LogP contribution in [0.1, 0.15) is 0 Å². The van der Waals surface area contributed by atoms with Gasteiger partial charge in [0.2, 0.25) is 0 Å². The third-order valence-electron chi connectivity index (χ3n) is 0. The second-order valence-corrected chi connectivity index (χ2v) is 0. The van der Waals surface area contributed by atoms with Gasteiger partial charge in [-0.1, -0.05) is 0 Å². The van der Waals surface area contributed by atoms with Crippen LogP contribution in [0.25, 0.3) is 0 Å². The molecule has 0 saturated heterocycles. The van der Waals surface area contributed by atoms with Gasteiger partial charge in [-0.05, 0) is 0 Å². The first-order valence-electron chi connectivity index (χ1n) is 0. The van der Waals surface area contributed by atoms with Crippen molar-refractivity contribution in [2.75, 3.05) is 0 Å². The molecule has 0 heterocycles. The van der Waals surface area contributed by atoms with E-state index in [2.05, 4.69) is 0 Å². The summed E-state index contributed by atoms with van der Waals surface area (Å²) >= 11 is 0. The Morgan fingerprint density at radius 1 is 1.00 bits per heavy atom. The second kappa shape index (κ2) is 32.0. The van der Waals surface area contributed by atoms with Crippen LogP contribution in [-0.2, 0) is 83.2 Å². The van der Waals surface area contributed by atoms with Crippen LogP contribution in [0, 0.1) is 0 Å². The first kappa shape index (κ1) is 51.8. The largest absolute Gasteiger partial charge is 2.00 e. The van der Waals surface area contributed by atoms with E-state index in [1.807, 2.05) is 0 Å². The zero-order valence-corrected chi connectivity index (χ0v) is 9.25. The molecule has 0 bridgehead atoms. The summed E-state index contributed by atoms with van der Waals surface area (Å²) in [6, 6.07) is 0. The van der Waals surface area contributed by atoms with Crippen molar-refractivity contribution in [2.45, 2.75) is 0 Å². The SMILES string of the molecule is [Cu+2].[Mo].[O-2].[V].[W]. The summed E-state index contributed by atoms with van der Waals surface area (Å²) in [6.07, 6.45) is 0. The summed E-state index contributed by atoms with van der Waals surface area (Å²) in [4.78, 5) is 0. The van der Waals surface area contributed by atoms with Crippen LogP contribution in [0.3, 0.4) is 0 Å². The van der Waals surface area contributed by atoms with E-state index in [0.29, 0.717) is 0 Å². The van der Waals surface area contributed by atoms with Crippen molar-refractivity contribution < 1.29 is 83.2 Å². The van der Waals surface area contributed by atoms with Crippen molar-refractivity contribution in [1.82, 2.24) is 0 Å². The van der Waals surface area contributed by atoms with Gasteiger partial charge in [-0.2, -0.15) is 0 Å². The molecule has 1 nitrogen and oxygen atoms in total. The molecule has 0 amide bonds. The van der Waals surface area contributed by atoms with E-state index in [4.69, 9.17) is 0 Å². The molecule has 0 aromatic heterocycles. The van der Waals surface area contributed by atoms with Crippen LogP contribution in [0.15, 0.2) is 0 Å². The monoisotopic (exact) mass is 412 g/mol. The van der Waals surface area contributed by atoms with Crippen LogP contribution in [0.4, 0.5) is 0 Å². The summed E-state index contributed by atoms with van der Waals surface area (Å²) in [5.41, 5.74) is 0. The molecule has 0 aliphatic carbocycles. The predicted molar refractivity (Wildman–Crippen MR) is 0.686 cm³/mol. The van der Waals surface area contributed by atoms with Gasteiger partial charge in [-0.15, -0.1) is 0 Å². The fourth-order valence-corrected chi connectivity index (χ4v) is 0. The molecular weight excluding hydrogens is 410 g/mol. The fourth-order valence-electron chi connectivity index (χ4n) is 0. The maximum absolute atomic E-state index is 0. The molecule has 5 heteroatoms. The Balaban J connectivity index is 0. The average Bonchev–Trinajstić information content (AvgIpc) is 0. The molecule has 0 unspecified atom stereocenters. The standard InChI is InChI=1S/Cu.Mo.O.V.W/q+2;;-2;;. The Labute approximate surface area is 82.2 Å². The van der Waals surface area contributed by atoms with Gasteiger partial charge in [0.25, 0.3) is 0 Å². The van der Waals surface area contributed by atoms with Crippen molar-refractivity contribution >= 4 is 0 Å². The van der Waals surface area contributed by atoms with E-state index in [-0.39, 0.29) is 83.2 Å². The zero-order valence-electron chi connectivity index (χ0n) is 1.97. The molecule has 0 fully saturated rings. The second-order valence-electron chi connectivity index (χ2n) is 0. The van der Waals surface area contributed by atoms with Crippen LogP contribution >= 0.6 is 0 Å². The van der Waals surface area contributed by atoms with Gasteiger partial charge in [0.15, 0.2) is 0 Å². The molecule has 0 aromatic rings. The van der Waals surface area contributed by atoms with E-state index in [1.165, 1.54) is 0 Å². The number of rotatable bonds is 0. The predicted octanol–water partition coefficient (Wildman–Crippen LogP) is -0.129. The Bertz CT molecular complexity index is 11.6. The van der Waals surface area contributed by atoms with Crippen LogP contribution in [-0.4, -0.2) is 0 Å². The Kier molecular flexibility index (Phi) is 332. The maximum Gasteiger partial charge on any atom is 2.00 e. The van der Waals surface area contributed by atoms with Gasteiger partial charge in [0.1, 0.15) is 0 Å². The fraction of sp³-hybridized carbons (Fsp3) is 0. The molecule has 5 heavy (non-hydrogen) atoms. The van der Waals surface area contributed by atoms with E-state index < -0.39 is 0 Å². The minimum atomic E-state index is 0. The maximum atomic E-state index is 0. The van der Waals surface area contributed by atoms with Crippen molar-refractivity contribution in [2.24, 2.45) is 0 Å². The topological polar surface area (TPSA) is 28.5 Å². The van der Waals surface area contributed by atoms with Crippen LogP contribution < -0.4 is 0 Å². The van der Waals surface area contributed by atoms with Crippen LogP contribution in [0.5, 0.6) is 0 Å². The van der Waals surface area contributed by atoms with Gasteiger partial charge in [0.05, 0.1) is 0 Å². The van der Waals surface area contributed by atoms with Gasteiger partial charge >= 0.3 is 17.1 Å². The molecule has 0 aromatic carbocycles. The first-order chi connectivity index (χ1) is 0. The average molecular weight is 410 g/mol. The minimum Gasteiger partial charge on any atom is -2.00 e. The number of hydrogen-bond acceptors (Lipinski definition) is 0. The van der Waals surface area contributed by atoms with Crippen molar-refractivity contribution in [3.63, 3.8) is 0 Å². The third-order valence-corrected chi connectivity index (χ3v) is 0. The summed E-state index contributed by atoms with van der Waals surface area (Å²) in [7, 11) is 0. The minimum absolute atomic E-state index is 0. The van der Waals surface area contributed by atoms with E-state index in [9.17, 15) is 0 Å². The van der Waals surface area contributed by atoms with E-state index >= 15 is 0 Å². The molecule has 0 aliphatic rings. The summed E-state index contributed by atoms with van der Waals surface area (Å²) in [5, 5.41) is 0. The van der Waals surface area contributed by atoms with Gasteiger partial charge in [0, 0.05) is 60.7 Å². The molecular formula is CuMoOVW. The van der Waals surface area contributed by atoms with Gasteiger partial charge < -0.3 is 5.48 Å². The summed E-state index contributed by atoms with van der Waals surface area (Å²) in [5.74, 6) is 0. The molecule has 2 radical (unpaired) electrons. The Morgan fingerprint density at radius 2 is 1.00 bits per heavy atom. The molecule has 0 saturated carbocycles. The third kappa shape index (κ3) is 21.3. The molecule has 0 rings (SSSR count). The molecule has 34 valence electrons. The van der Waals surface area contributed by atoms with Gasteiger partial charge in [-0.3, -0.25) is 0 Å². The molecule has 0 atom stereocenters. The van der Waals surface area contributed by atoms with Crippen molar-refractivity contribution in [1.29, 1.82) is 0 Å². The van der Waals surface area contributed by atoms with E-state index in [0.717, 1.165) is 0 Å². The van der Waals surface area contributed by atoms with Crippen molar-refractivity contribution in [3.05, 3.63) is 0 Å². The molecule has 0 spiro atoms. The Hall–Kier alpha value is 2.44. The molecule has 0 N–H and O–H groups in total. The van der Waals surface area contributed by atoms with E-state index in [1.54, 1.807) is 0 Å². The van der Waals surface area contributed by atoms with Gasteiger partial charge in [-0.25, -0.2) is 0 Å². The molecule has 0 aliphatic heterocycles. The Morgan fingerprint density at radius 3 is 1.00 bits per heavy atom. The quantitative estimate of drug-likeness (QED) is 0.498. The van der Waals surface area contributed by atoms with Crippen LogP contribution in [0.2, 0.25) is 0 Å². The summed E-state index contributed by atoms with van der Waals surface area (Å²) < 4.78 is 0. The summed E-state index contributed by atoms with van der Waals surface area (Å²) in [6.45, 7) is 0. The number of hydrogen-bond donors (Lipinski definition) is 0.